The third kappa shape index (κ3) is 3.65. The summed E-state index contributed by atoms with van der Waals surface area (Å²) in [6, 6.07) is 6.95. The van der Waals surface area contributed by atoms with Crippen LogP contribution in [0.25, 0.3) is 0 Å². The van der Waals surface area contributed by atoms with Crippen LogP contribution in [0.2, 0.25) is 0 Å². The number of halogens is 1. The molecule has 0 aliphatic carbocycles. The van der Waals surface area contributed by atoms with Gasteiger partial charge in [-0.05, 0) is 47.1 Å². The van der Waals surface area contributed by atoms with Gasteiger partial charge in [0.25, 0.3) is 5.91 Å². The Labute approximate surface area is 131 Å². The molecule has 1 aromatic carbocycles. The number of aliphatic hydroxyl groups is 1. The lowest BCUT2D eigenvalue weighted by Crippen LogP contribution is -2.15. The number of amides is 1. The Morgan fingerprint density at radius 3 is 2.76 bits per heavy atom. The van der Waals surface area contributed by atoms with Crippen LogP contribution in [0.3, 0.4) is 0 Å². The maximum atomic E-state index is 12.2. The van der Waals surface area contributed by atoms with Crippen molar-refractivity contribution in [2.75, 3.05) is 11.9 Å². The molecule has 0 saturated carbocycles. The van der Waals surface area contributed by atoms with Crippen molar-refractivity contribution in [2.24, 2.45) is 7.05 Å². The third-order valence-corrected chi connectivity index (χ3v) is 3.43. The van der Waals surface area contributed by atoms with E-state index in [1.54, 1.807) is 35.9 Å². The molecule has 0 saturated heterocycles. The zero-order valence-electron chi connectivity index (χ0n) is 11.9. The molecule has 0 unspecified atom stereocenters. The Morgan fingerprint density at radius 1 is 1.43 bits per heavy atom. The summed E-state index contributed by atoms with van der Waals surface area (Å²) in [5.41, 5.74) is 1.80. The molecule has 6 heteroatoms. The van der Waals surface area contributed by atoms with E-state index in [4.69, 9.17) is 4.74 Å². The summed E-state index contributed by atoms with van der Waals surface area (Å²) < 4.78 is 7.99. The van der Waals surface area contributed by atoms with Crippen LogP contribution in [-0.2, 0) is 13.7 Å². The summed E-state index contributed by atoms with van der Waals surface area (Å²) >= 11 is 3.34. The van der Waals surface area contributed by atoms with Gasteiger partial charge in [0, 0.05) is 29.0 Å². The summed E-state index contributed by atoms with van der Waals surface area (Å²) in [4.78, 5) is 12.2. The number of rotatable bonds is 5. The van der Waals surface area contributed by atoms with E-state index >= 15 is 0 Å². The summed E-state index contributed by atoms with van der Waals surface area (Å²) in [6.45, 7) is 2.26. The molecule has 2 N–H and O–H groups in total. The van der Waals surface area contributed by atoms with E-state index in [2.05, 4.69) is 21.2 Å². The maximum Gasteiger partial charge on any atom is 0.272 e. The number of carbonyl (C=O) groups excluding carboxylic acids is 1. The molecule has 2 rings (SSSR count). The van der Waals surface area contributed by atoms with Gasteiger partial charge in [-0.15, -0.1) is 0 Å². The normalized spacial score (nSPS) is 10.5. The van der Waals surface area contributed by atoms with Crippen LogP contribution in [0.4, 0.5) is 5.69 Å². The van der Waals surface area contributed by atoms with E-state index in [1.165, 1.54) is 0 Å². The first-order chi connectivity index (χ1) is 10.0. The largest absolute Gasteiger partial charge is 0.494 e. The maximum absolute atomic E-state index is 12.2. The highest BCUT2D eigenvalue weighted by Crippen LogP contribution is 2.24. The number of aliphatic hydroxyl groups excluding tert-OH is 1. The van der Waals surface area contributed by atoms with Crippen LogP contribution in [0, 0.1) is 0 Å². The van der Waals surface area contributed by atoms with Gasteiger partial charge in [-0.3, -0.25) is 4.79 Å². The Morgan fingerprint density at radius 2 is 2.19 bits per heavy atom. The third-order valence-electron chi connectivity index (χ3n) is 2.99. The zero-order chi connectivity index (χ0) is 15.4. The van der Waals surface area contributed by atoms with E-state index in [1.807, 2.05) is 13.1 Å². The standard InChI is InChI=1S/C15H17BrN2O3/c1-3-21-14-5-4-12(6-10(14)9-19)17-15(20)13-7-11(16)8-18(13)2/h4-8,19H,3,9H2,1-2H3,(H,17,20). The second kappa shape index (κ2) is 6.78. The minimum Gasteiger partial charge on any atom is -0.494 e. The van der Waals surface area contributed by atoms with Gasteiger partial charge in [0.1, 0.15) is 11.4 Å². The van der Waals surface area contributed by atoms with Crippen molar-refractivity contribution in [2.45, 2.75) is 13.5 Å². The predicted octanol–water partition coefficient (Wildman–Crippen LogP) is 2.93. The van der Waals surface area contributed by atoms with Crippen molar-refractivity contribution in [3.8, 4) is 5.75 Å². The molecule has 0 aliphatic rings. The molecule has 5 nitrogen and oxygen atoms in total. The van der Waals surface area contributed by atoms with E-state index < -0.39 is 0 Å². The second-order valence-corrected chi connectivity index (χ2v) is 5.44. The van der Waals surface area contributed by atoms with E-state index in [-0.39, 0.29) is 12.5 Å². The van der Waals surface area contributed by atoms with Gasteiger partial charge in [0.15, 0.2) is 0 Å². The molecule has 0 atom stereocenters. The van der Waals surface area contributed by atoms with Crippen molar-refractivity contribution in [3.63, 3.8) is 0 Å². The average molecular weight is 353 g/mol. The molecular formula is C15H17BrN2O3. The molecule has 0 fully saturated rings. The lowest BCUT2D eigenvalue weighted by Gasteiger charge is -2.11. The van der Waals surface area contributed by atoms with Crippen LogP contribution in [-0.4, -0.2) is 22.2 Å². The number of aromatic nitrogens is 1. The fourth-order valence-electron chi connectivity index (χ4n) is 2.02. The first-order valence-corrected chi connectivity index (χ1v) is 7.34. The van der Waals surface area contributed by atoms with Gasteiger partial charge in [0.2, 0.25) is 0 Å². The van der Waals surface area contributed by atoms with Gasteiger partial charge >= 0.3 is 0 Å². The Hall–Kier alpha value is -1.79. The molecule has 2 aromatic rings. The lowest BCUT2D eigenvalue weighted by atomic mass is 10.2. The highest BCUT2D eigenvalue weighted by molar-refractivity contribution is 9.10. The molecule has 0 radical (unpaired) electrons. The van der Waals surface area contributed by atoms with Crippen LogP contribution in [0.5, 0.6) is 5.75 Å². The molecule has 112 valence electrons. The van der Waals surface area contributed by atoms with E-state index in [0.717, 1.165) is 4.47 Å². The molecule has 1 aromatic heterocycles. The first kappa shape index (κ1) is 15.6. The Kier molecular flexibility index (Phi) is 5.03. The van der Waals surface area contributed by atoms with Gasteiger partial charge in [-0.1, -0.05) is 0 Å². The molecule has 0 aliphatic heterocycles. The first-order valence-electron chi connectivity index (χ1n) is 6.55. The number of aryl methyl sites for hydroxylation is 1. The van der Waals surface area contributed by atoms with Gasteiger partial charge in [-0.2, -0.15) is 0 Å². The minimum absolute atomic E-state index is 0.144. The number of benzene rings is 1. The summed E-state index contributed by atoms with van der Waals surface area (Å²) in [5, 5.41) is 12.2. The smallest absolute Gasteiger partial charge is 0.272 e. The second-order valence-electron chi connectivity index (χ2n) is 4.52. The zero-order valence-corrected chi connectivity index (χ0v) is 13.5. The van der Waals surface area contributed by atoms with Gasteiger partial charge in [0.05, 0.1) is 13.2 Å². The number of nitrogens with zero attached hydrogens (tertiary/aromatic N) is 1. The number of anilines is 1. The number of carbonyl (C=O) groups is 1. The molecule has 1 amide bonds. The fourth-order valence-corrected chi connectivity index (χ4v) is 2.55. The summed E-state index contributed by atoms with van der Waals surface area (Å²) in [7, 11) is 1.80. The van der Waals surface area contributed by atoms with Crippen LogP contribution < -0.4 is 10.1 Å². The predicted molar refractivity (Wildman–Crippen MR) is 84.6 cm³/mol. The SMILES string of the molecule is CCOc1ccc(NC(=O)c2cc(Br)cn2C)cc1CO. The topological polar surface area (TPSA) is 63.5 Å². The number of hydrogen-bond donors (Lipinski definition) is 2. The molecule has 0 bridgehead atoms. The molecular weight excluding hydrogens is 336 g/mol. The minimum atomic E-state index is -0.212. The Balaban J connectivity index is 2.19. The van der Waals surface area contributed by atoms with Crippen molar-refractivity contribution in [1.82, 2.24) is 4.57 Å². The Bertz CT molecular complexity index is 652. The quantitative estimate of drug-likeness (QED) is 0.869. The van der Waals surface area contributed by atoms with Gasteiger partial charge < -0.3 is 19.7 Å². The lowest BCUT2D eigenvalue weighted by molar-refractivity contribution is 0.101. The highest BCUT2D eigenvalue weighted by atomic mass is 79.9. The van der Waals surface area contributed by atoms with Crippen molar-refractivity contribution >= 4 is 27.5 Å². The van der Waals surface area contributed by atoms with Crippen molar-refractivity contribution in [3.05, 3.63) is 46.2 Å². The highest BCUT2D eigenvalue weighted by Gasteiger charge is 2.12. The fraction of sp³-hybridized carbons (Fsp3) is 0.267. The average Bonchev–Trinajstić information content (AvgIpc) is 2.79. The van der Waals surface area contributed by atoms with Crippen LogP contribution in [0.15, 0.2) is 34.9 Å². The van der Waals surface area contributed by atoms with Crippen LogP contribution >= 0.6 is 15.9 Å². The van der Waals surface area contributed by atoms with E-state index in [0.29, 0.717) is 29.3 Å². The monoisotopic (exact) mass is 352 g/mol. The number of nitrogens with one attached hydrogen (secondary N) is 1. The number of ether oxygens (including phenoxy) is 1. The van der Waals surface area contributed by atoms with E-state index in [9.17, 15) is 9.90 Å². The van der Waals surface area contributed by atoms with Crippen molar-refractivity contribution < 1.29 is 14.6 Å². The van der Waals surface area contributed by atoms with Crippen LogP contribution in [0.1, 0.15) is 23.0 Å². The summed E-state index contributed by atoms with van der Waals surface area (Å²) in [6.07, 6.45) is 1.81. The number of hydrogen-bond acceptors (Lipinski definition) is 3. The molecule has 21 heavy (non-hydrogen) atoms. The molecule has 0 spiro atoms. The van der Waals surface area contributed by atoms with Gasteiger partial charge in [-0.25, -0.2) is 0 Å². The molecule has 1 heterocycles. The summed E-state index contributed by atoms with van der Waals surface area (Å²) in [5.74, 6) is 0.413. The van der Waals surface area contributed by atoms with Crippen molar-refractivity contribution in [1.29, 1.82) is 0 Å².